The summed E-state index contributed by atoms with van der Waals surface area (Å²) in [6.07, 6.45) is 7.16. The van der Waals surface area contributed by atoms with Gasteiger partial charge in [-0.3, -0.25) is 4.68 Å². The molecular formula is C13H25N3. The van der Waals surface area contributed by atoms with Crippen molar-refractivity contribution in [1.29, 1.82) is 0 Å². The Kier molecular flexibility index (Phi) is 5.53. The standard InChI is InChI=1S/C13H25N3/c1-5-7-13(8-6-2)14-9-12-10-16(4)15-11(12)3/h10,13-14H,5-9H2,1-4H3. The lowest BCUT2D eigenvalue weighted by atomic mass is 10.1. The Hall–Kier alpha value is -0.830. The third-order valence-corrected chi connectivity index (χ3v) is 2.97. The maximum atomic E-state index is 4.36. The second-order valence-electron chi connectivity index (χ2n) is 4.57. The molecule has 0 bridgehead atoms. The molecule has 0 aromatic carbocycles. The van der Waals surface area contributed by atoms with Gasteiger partial charge < -0.3 is 5.32 Å². The number of aryl methyl sites for hydroxylation is 2. The van der Waals surface area contributed by atoms with Gasteiger partial charge in [0.2, 0.25) is 0 Å². The number of nitrogens with one attached hydrogen (secondary N) is 1. The normalized spacial score (nSPS) is 11.3. The van der Waals surface area contributed by atoms with Crippen LogP contribution in [0.2, 0.25) is 0 Å². The van der Waals surface area contributed by atoms with Gasteiger partial charge in [-0.25, -0.2) is 0 Å². The van der Waals surface area contributed by atoms with E-state index < -0.39 is 0 Å². The van der Waals surface area contributed by atoms with Crippen molar-refractivity contribution in [2.24, 2.45) is 7.05 Å². The Morgan fingerprint density at radius 2 is 1.94 bits per heavy atom. The molecule has 1 N–H and O–H groups in total. The highest BCUT2D eigenvalue weighted by atomic mass is 15.2. The number of aromatic nitrogens is 2. The van der Waals surface area contributed by atoms with Crippen LogP contribution in [0.3, 0.4) is 0 Å². The van der Waals surface area contributed by atoms with Crippen LogP contribution in [-0.4, -0.2) is 15.8 Å². The fourth-order valence-corrected chi connectivity index (χ4v) is 2.12. The zero-order chi connectivity index (χ0) is 12.0. The van der Waals surface area contributed by atoms with E-state index in [1.165, 1.54) is 31.2 Å². The maximum Gasteiger partial charge on any atom is 0.0638 e. The van der Waals surface area contributed by atoms with Crippen molar-refractivity contribution in [1.82, 2.24) is 15.1 Å². The lowest BCUT2D eigenvalue weighted by Crippen LogP contribution is -2.28. The quantitative estimate of drug-likeness (QED) is 0.770. The molecule has 0 aliphatic heterocycles. The van der Waals surface area contributed by atoms with Crippen LogP contribution in [0.15, 0.2) is 6.20 Å². The largest absolute Gasteiger partial charge is 0.310 e. The lowest BCUT2D eigenvalue weighted by molar-refractivity contribution is 0.442. The van der Waals surface area contributed by atoms with Crippen LogP contribution in [0.1, 0.15) is 50.8 Å². The molecule has 1 aromatic rings. The summed E-state index contributed by atoms with van der Waals surface area (Å²) in [5, 5.41) is 8.00. The molecule has 0 unspecified atom stereocenters. The van der Waals surface area contributed by atoms with Crippen LogP contribution in [0.4, 0.5) is 0 Å². The van der Waals surface area contributed by atoms with Gasteiger partial charge in [0, 0.05) is 31.4 Å². The van der Waals surface area contributed by atoms with Crippen LogP contribution in [0, 0.1) is 6.92 Å². The third-order valence-electron chi connectivity index (χ3n) is 2.97. The molecule has 0 amide bonds. The van der Waals surface area contributed by atoms with Crippen LogP contribution < -0.4 is 5.32 Å². The Morgan fingerprint density at radius 3 is 2.38 bits per heavy atom. The fraction of sp³-hybridized carbons (Fsp3) is 0.769. The van der Waals surface area contributed by atoms with E-state index in [-0.39, 0.29) is 0 Å². The third kappa shape index (κ3) is 3.97. The van der Waals surface area contributed by atoms with Gasteiger partial charge in [-0.2, -0.15) is 5.10 Å². The van der Waals surface area contributed by atoms with Crippen LogP contribution in [0.25, 0.3) is 0 Å². The van der Waals surface area contributed by atoms with E-state index in [2.05, 4.69) is 37.4 Å². The van der Waals surface area contributed by atoms with Crippen molar-refractivity contribution in [3.05, 3.63) is 17.5 Å². The highest BCUT2D eigenvalue weighted by molar-refractivity contribution is 5.14. The van der Waals surface area contributed by atoms with Crippen molar-refractivity contribution >= 4 is 0 Å². The zero-order valence-electron chi connectivity index (χ0n) is 11.1. The number of nitrogens with zero attached hydrogens (tertiary/aromatic N) is 2. The number of hydrogen-bond donors (Lipinski definition) is 1. The van der Waals surface area contributed by atoms with Gasteiger partial charge in [0.05, 0.1) is 5.69 Å². The Bertz CT molecular complexity index is 298. The molecule has 0 saturated heterocycles. The summed E-state index contributed by atoms with van der Waals surface area (Å²) in [4.78, 5) is 0. The summed E-state index contributed by atoms with van der Waals surface area (Å²) >= 11 is 0. The molecule has 0 fully saturated rings. The molecule has 0 spiro atoms. The van der Waals surface area contributed by atoms with Crippen LogP contribution >= 0.6 is 0 Å². The molecule has 16 heavy (non-hydrogen) atoms. The summed E-state index contributed by atoms with van der Waals surface area (Å²) in [5.74, 6) is 0. The molecule has 0 aliphatic carbocycles. The van der Waals surface area contributed by atoms with Crippen LogP contribution in [-0.2, 0) is 13.6 Å². The zero-order valence-corrected chi connectivity index (χ0v) is 11.1. The fourth-order valence-electron chi connectivity index (χ4n) is 2.12. The summed E-state index contributed by atoms with van der Waals surface area (Å²) in [6, 6.07) is 0.662. The van der Waals surface area contributed by atoms with Crippen molar-refractivity contribution in [2.45, 2.75) is 59.0 Å². The molecule has 1 aromatic heterocycles. The minimum absolute atomic E-state index is 0.662. The van der Waals surface area contributed by atoms with Gasteiger partial charge in [0.25, 0.3) is 0 Å². The average Bonchev–Trinajstić information content (AvgIpc) is 2.54. The van der Waals surface area contributed by atoms with Crippen LogP contribution in [0.5, 0.6) is 0 Å². The number of rotatable bonds is 7. The SMILES string of the molecule is CCCC(CCC)NCc1cn(C)nc1C. The molecule has 3 nitrogen and oxygen atoms in total. The molecule has 0 atom stereocenters. The predicted molar refractivity (Wildman–Crippen MR) is 68.4 cm³/mol. The minimum atomic E-state index is 0.662. The van der Waals surface area contributed by atoms with E-state index in [9.17, 15) is 0 Å². The minimum Gasteiger partial charge on any atom is -0.310 e. The first-order valence-electron chi connectivity index (χ1n) is 6.39. The molecule has 0 radical (unpaired) electrons. The Morgan fingerprint density at radius 1 is 1.31 bits per heavy atom. The van der Waals surface area contributed by atoms with Gasteiger partial charge in [0.15, 0.2) is 0 Å². The average molecular weight is 223 g/mol. The predicted octanol–water partition coefficient (Wildman–Crippen LogP) is 2.79. The van der Waals surface area contributed by atoms with Gasteiger partial charge in [-0.15, -0.1) is 0 Å². The van der Waals surface area contributed by atoms with Gasteiger partial charge in [-0.1, -0.05) is 26.7 Å². The van der Waals surface area contributed by atoms with Crippen molar-refractivity contribution in [3.8, 4) is 0 Å². The Balaban J connectivity index is 2.44. The van der Waals surface area contributed by atoms with E-state index in [1.54, 1.807) is 0 Å². The highest BCUT2D eigenvalue weighted by Gasteiger charge is 2.08. The van der Waals surface area contributed by atoms with Gasteiger partial charge in [0.1, 0.15) is 0 Å². The second-order valence-corrected chi connectivity index (χ2v) is 4.57. The lowest BCUT2D eigenvalue weighted by Gasteiger charge is -2.16. The summed E-state index contributed by atoms with van der Waals surface area (Å²) in [6.45, 7) is 7.52. The monoisotopic (exact) mass is 223 g/mol. The molecule has 92 valence electrons. The van der Waals surface area contributed by atoms with Gasteiger partial charge in [-0.05, 0) is 19.8 Å². The summed E-state index contributed by atoms with van der Waals surface area (Å²) in [7, 11) is 1.98. The Labute approximate surface area is 99.2 Å². The first-order valence-corrected chi connectivity index (χ1v) is 6.39. The number of hydrogen-bond acceptors (Lipinski definition) is 2. The molecule has 1 heterocycles. The van der Waals surface area contributed by atoms with E-state index in [0.717, 1.165) is 12.2 Å². The van der Waals surface area contributed by atoms with E-state index in [4.69, 9.17) is 0 Å². The van der Waals surface area contributed by atoms with Crippen molar-refractivity contribution in [3.63, 3.8) is 0 Å². The topological polar surface area (TPSA) is 29.9 Å². The summed E-state index contributed by atoms with van der Waals surface area (Å²) < 4.78 is 1.89. The first-order chi connectivity index (χ1) is 7.67. The molecule has 0 saturated carbocycles. The smallest absolute Gasteiger partial charge is 0.0638 e. The first kappa shape index (κ1) is 13.2. The van der Waals surface area contributed by atoms with Crippen molar-refractivity contribution in [2.75, 3.05) is 0 Å². The molecular weight excluding hydrogens is 198 g/mol. The maximum absolute atomic E-state index is 4.36. The van der Waals surface area contributed by atoms with E-state index in [1.807, 2.05) is 11.7 Å². The van der Waals surface area contributed by atoms with Gasteiger partial charge >= 0.3 is 0 Å². The molecule has 0 aliphatic rings. The van der Waals surface area contributed by atoms with E-state index >= 15 is 0 Å². The molecule has 3 heteroatoms. The van der Waals surface area contributed by atoms with E-state index in [0.29, 0.717) is 6.04 Å². The second kappa shape index (κ2) is 6.69. The molecule has 1 rings (SSSR count). The van der Waals surface area contributed by atoms with Crippen molar-refractivity contribution < 1.29 is 0 Å². The highest BCUT2D eigenvalue weighted by Crippen LogP contribution is 2.08. The summed E-state index contributed by atoms with van der Waals surface area (Å²) in [5.41, 5.74) is 2.46.